The minimum absolute atomic E-state index is 0.0593. The van der Waals surface area contributed by atoms with E-state index in [1.165, 1.54) is 0 Å². The van der Waals surface area contributed by atoms with E-state index in [2.05, 4.69) is 43.1 Å². The van der Waals surface area contributed by atoms with E-state index in [4.69, 9.17) is 4.74 Å². The second kappa shape index (κ2) is 9.42. The number of carbonyl (C=O) groups excluding carboxylic acids is 1. The first-order chi connectivity index (χ1) is 12.7. The number of amides is 1. The lowest BCUT2D eigenvalue weighted by molar-refractivity contribution is -0.127. The molecule has 6 heteroatoms. The van der Waals surface area contributed by atoms with Crippen molar-refractivity contribution in [1.29, 1.82) is 0 Å². The van der Waals surface area contributed by atoms with Crippen molar-refractivity contribution < 1.29 is 14.6 Å². The minimum Gasteiger partial charge on any atom is -0.504 e. The number of piperidine rings is 1. The van der Waals surface area contributed by atoms with Crippen LogP contribution in [0.4, 0.5) is 0 Å². The first-order valence-corrected chi connectivity index (χ1v) is 9.71. The first-order valence-electron chi connectivity index (χ1n) is 9.71. The Hall–Kier alpha value is -1.79. The lowest BCUT2D eigenvalue weighted by Crippen LogP contribution is -2.44. The molecule has 0 saturated carbocycles. The van der Waals surface area contributed by atoms with Crippen LogP contribution >= 0.6 is 0 Å². The highest BCUT2D eigenvalue weighted by Gasteiger charge is 2.27. The molecule has 6 nitrogen and oxygen atoms in total. The topological polar surface area (TPSA) is 65.0 Å². The van der Waals surface area contributed by atoms with E-state index in [1.54, 1.807) is 13.2 Å². The van der Waals surface area contributed by atoms with Crippen molar-refractivity contribution in [2.75, 3.05) is 47.4 Å². The van der Waals surface area contributed by atoms with Crippen LogP contribution in [0.2, 0.25) is 0 Å². The Bertz CT molecular complexity index is 623. The van der Waals surface area contributed by atoms with Crippen molar-refractivity contribution in [3.8, 4) is 11.5 Å². The van der Waals surface area contributed by atoms with Gasteiger partial charge in [0.15, 0.2) is 11.5 Å². The molecule has 1 saturated heterocycles. The van der Waals surface area contributed by atoms with Crippen LogP contribution in [0.3, 0.4) is 0 Å². The molecule has 0 spiro atoms. The average molecular weight is 378 g/mol. The zero-order valence-electron chi connectivity index (χ0n) is 17.4. The molecule has 1 aliphatic rings. The zero-order valence-corrected chi connectivity index (χ0v) is 17.4. The highest BCUT2D eigenvalue weighted by atomic mass is 16.5. The van der Waals surface area contributed by atoms with Crippen LogP contribution in [0.1, 0.15) is 32.3 Å². The molecule has 0 aliphatic carbocycles. The highest BCUT2D eigenvalue weighted by Crippen LogP contribution is 2.31. The fourth-order valence-electron chi connectivity index (χ4n) is 3.84. The number of nitrogens with one attached hydrogen (secondary N) is 1. The number of nitrogens with zero attached hydrogens (tertiary/aromatic N) is 2. The Morgan fingerprint density at radius 2 is 2.00 bits per heavy atom. The molecule has 1 aliphatic heterocycles. The van der Waals surface area contributed by atoms with Gasteiger partial charge in [0.1, 0.15) is 0 Å². The van der Waals surface area contributed by atoms with Crippen LogP contribution in [0.15, 0.2) is 18.2 Å². The van der Waals surface area contributed by atoms with Gasteiger partial charge in [0.05, 0.1) is 7.11 Å². The maximum atomic E-state index is 12.5. The Morgan fingerprint density at radius 1 is 1.33 bits per heavy atom. The molecular formula is C21H35N3O3. The van der Waals surface area contributed by atoms with Crippen LogP contribution in [0.25, 0.3) is 0 Å². The smallest absolute Gasteiger partial charge is 0.223 e. The molecule has 0 aromatic heterocycles. The molecule has 152 valence electrons. The van der Waals surface area contributed by atoms with Crippen molar-refractivity contribution >= 4 is 5.91 Å². The van der Waals surface area contributed by atoms with Gasteiger partial charge >= 0.3 is 0 Å². The predicted octanol–water partition coefficient (Wildman–Crippen LogP) is 2.32. The number of likely N-dealkylation sites (tertiary alicyclic amines) is 1. The largest absolute Gasteiger partial charge is 0.504 e. The van der Waals surface area contributed by atoms with Crippen molar-refractivity contribution in [2.45, 2.75) is 33.2 Å². The molecule has 0 unspecified atom stereocenters. The molecule has 0 bridgehead atoms. The highest BCUT2D eigenvalue weighted by molar-refractivity contribution is 5.78. The predicted molar refractivity (Wildman–Crippen MR) is 108 cm³/mol. The van der Waals surface area contributed by atoms with E-state index in [0.717, 1.165) is 38.0 Å². The van der Waals surface area contributed by atoms with E-state index in [0.29, 0.717) is 18.8 Å². The summed E-state index contributed by atoms with van der Waals surface area (Å²) in [6.07, 6.45) is 1.70. The first kappa shape index (κ1) is 21.5. The minimum atomic E-state index is 0.0593. The maximum Gasteiger partial charge on any atom is 0.223 e. The van der Waals surface area contributed by atoms with Crippen molar-refractivity contribution in [3.63, 3.8) is 0 Å². The second-order valence-corrected chi connectivity index (χ2v) is 8.64. The van der Waals surface area contributed by atoms with Crippen LogP contribution < -0.4 is 10.1 Å². The number of ether oxygens (including phenoxy) is 1. The van der Waals surface area contributed by atoms with Crippen LogP contribution in [0, 0.1) is 11.3 Å². The third kappa shape index (κ3) is 6.40. The maximum absolute atomic E-state index is 12.5. The molecule has 0 atom stereocenters. The van der Waals surface area contributed by atoms with Crippen molar-refractivity contribution in [2.24, 2.45) is 11.3 Å². The lowest BCUT2D eigenvalue weighted by Gasteiger charge is -2.33. The van der Waals surface area contributed by atoms with Crippen LogP contribution in [-0.4, -0.2) is 68.2 Å². The molecule has 2 rings (SSSR count). The van der Waals surface area contributed by atoms with Gasteiger partial charge in [-0.05, 0) is 51.5 Å². The van der Waals surface area contributed by atoms with Crippen molar-refractivity contribution in [1.82, 2.24) is 15.1 Å². The van der Waals surface area contributed by atoms with E-state index in [1.807, 2.05) is 12.1 Å². The number of hydrogen-bond acceptors (Lipinski definition) is 5. The van der Waals surface area contributed by atoms with Crippen LogP contribution in [0.5, 0.6) is 11.5 Å². The summed E-state index contributed by atoms with van der Waals surface area (Å²) in [6.45, 7) is 8.38. The number of hydrogen-bond donors (Lipinski definition) is 2. The van der Waals surface area contributed by atoms with Gasteiger partial charge in [-0.3, -0.25) is 9.69 Å². The summed E-state index contributed by atoms with van der Waals surface area (Å²) in [5.74, 6) is 0.964. The monoisotopic (exact) mass is 377 g/mol. The summed E-state index contributed by atoms with van der Waals surface area (Å²) in [6, 6.07) is 5.57. The average Bonchev–Trinajstić information content (AvgIpc) is 2.61. The molecule has 1 heterocycles. The summed E-state index contributed by atoms with van der Waals surface area (Å²) < 4.78 is 5.18. The van der Waals surface area contributed by atoms with Gasteiger partial charge in [-0.15, -0.1) is 0 Å². The van der Waals surface area contributed by atoms with Gasteiger partial charge in [-0.2, -0.15) is 0 Å². The Labute approximate surface area is 163 Å². The normalized spacial score (nSPS) is 16.5. The molecular weight excluding hydrogens is 342 g/mol. The van der Waals surface area contributed by atoms with E-state index in [9.17, 15) is 9.90 Å². The third-order valence-corrected chi connectivity index (χ3v) is 5.14. The van der Waals surface area contributed by atoms with E-state index < -0.39 is 0 Å². The Balaban J connectivity index is 1.80. The van der Waals surface area contributed by atoms with Gasteiger partial charge < -0.3 is 20.1 Å². The zero-order chi connectivity index (χ0) is 20.0. The summed E-state index contributed by atoms with van der Waals surface area (Å²) in [5.41, 5.74) is 0.923. The van der Waals surface area contributed by atoms with Gasteiger partial charge in [0, 0.05) is 31.1 Å². The SMILES string of the molecule is COc1cccc(CN2CCC(C(=O)NCC(C)(C)CN(C)C)CC2)c1O. The standard InChI is InChI=1S/C21H35N3O3/c1-21(2,15-23(3)4)14-22-20(26)16-9-11-24(12-10-16)13-17-7-6-8-18(27-5)19(17)25/h6-8,16,25H,9-15H2,1-5H3,(H,22,26). The van der Waals surface area contributed by atoms with Gasteiger partial charge in [-0.1, -0.05) is 26.0 Å². The Morgan fingerprint density at radius 3 is 2.59 bits per heavy atom. The summed E-state index contributed by atoms with van der Waals surface area (Å²) in [5, 5.41) is 13.4. The number of rotatable bonds is 8. The lowest BCUT2D eigenvalue weighted by atomic mass is 9.91. The number of phenols is 1. The molecule has 1 aromatic rings. The summed E-state index contributed by atoms with van der Waals surface area (Å²) >= 11 is 0. The fraction of sp³-hybridized carbons (Fsp3) is 0.667. The Kier molecular flexibility index (Phi) is 7.50. The molecule has 0 radical (unpaired) electrons. The summed E-state index contributed by atoms with van der Waals surface area (Å²) in [7, 11) is 5.67. The van der Waals surface area contributed by atoms with E-state index in [-0.39, 0.29) is 23.0 Å². The van der Waals surface area contributed by atoms with Gasteiger partial charge in [0.25, 0.3) is 0 Å². The third-order valence-electron chi connectivity index (χ3n) is 5.14. The number of benzene rings is 1. The molecule has 1 fully saturated rings. The number of aromatic hydroxyl groups is 1. The molecule has 1 amide bonds. The fourth-order valence-corrected chi connectivity index (χ4v) is 3.84. The van der Waals surface area contributed by atoms with Gasteiger partial charge in [-0.25, -0.2) is 0 Å². The van der Waals surface area contributed by atoms with Gasteiger partial charge in [0.2, 0.25) is 5.91 Å². The number of methoxy groups -OCH3 is 1. The van der Waals surface area contributed by atoms with E-state index >= 15 is 0 Å². The number of carbonyl (C=O) groups is 1. The number of phenolic OH excluding ortho intramolecular Hbond substituents is 1. The second-order valence-electron chi connectivity index (χ2n) is 8.64. The van der Waals surface area contributed by atoms with Crippen LogP contribution in [-0.2, 0) is 11.3 Å². The molecule has 2 N–H and O–H groups in total. The number of para-hydroxylation sites is 1. The van der Waals surface area contributed by atoms with Crippen molar-refractivity contribution in [3.05, 3.63) is 23.8 Å². The molecule has 27 heavy (non-hydrogen) atoms. The molecule has 1 aromatic carbocycles. The summed E-state index contributed by atoms with van der Waals surface area (Å²) in [4.78, 5) is 17.0. The quantitative estimate of drug-likeness (QED) is 0.728.